The van der Waals surface area contributed by atoms with E-state index >= 15 is 0 Å². The van der Waals surface area contributed by atoms with Gasteiger partial charge in [0.05, 0.1) is 11.9 Å². The van der Waals surface area contributed by atoms with Crippen molar-refractivity contribution in [2.24, 2.45) is 5.73 Å². The molecule has 0 fully saturated rings. The molecule has 1 atom stereocenters. The van der Waals surface area contributed by atoms with Gasteiger partial charge in [0.15, 0.2) is 0 Å². The number of para-hydroxylation sites is 1. The van der Waals surface area contributed by atoms with Gasteiger partial charge in [-0.2, -0.15) is 5.10 Å². The van der Waals surface area contributed by atoms with E-state index < -0.39 is 12.1 Å². The Morgan fingerprint density at radius 3 is 2.73 bits per heavy atom. The van der Waals surface area contributed by atoms with Crippen LogP contribution in [0.4, 0.5) is 4.79 Å². The van der Waals surface area contributed by atoms with E-state index in [1.807, 2.05) is 36.5 Å². The molecule has 4 N–H and O–H groups in total. The molecule has 0 saturated carbocycles. The van der Waals surface area contributed by atoms with E-state index in [-0.39, 0.29) is 5.91 Å². The monoisotopic (exact) mass is 301 g/mol. The summed E-state index contributed by atoms with van der Waals surface area (Å²) >= 11 is 0. The van der Waals surface area contributed by atoms with E-state index in [4.69, 9.17) is 5.73 Å². The average molecular weight is 301 g/mol. The number of aromatic nitrogens is 2. The summed E-state index contributed by atoms with van der Waals surface area (Å²) in [4.78, 5) is 22.4. The lowest BCUT2D eigenvalue weighted by Crippen LogP contribution is -2.47. The molecule has 7 nitrogen and oxygen atoms in total. The van der Waals surface area contributed by atoms with Gasteiger partial charge in [-0.1, -0.05) is 18.2 Å². The highest BCUT2D eigenvalue weighted by molar-refractivity contribution is 5.86. The number of primary amides is 1. The zero-order chi connectivity index (χ0) is 15.9. The summed E-state index contributed by atoms with van der Waals surface area (Å²) in [6.07, 6.45) is 4.35. The van der Waals surface area contributed by atoms with Crippen molar-refractivity contribution in [1.29, 1.82) is 0 Å². The Morgan fingerprint density at radius 1 is 1.32 bits per heavy atom. The van der Waals surface area contributed by atoms with Gasteiger partial charge in [-0.15, -0.1) is 0 Å². The lowest BCUT2D eigenvalue weighted by Gasteiger charge is -2.11. The number of urea groups is 1. The standard InChI is InChI=1S/C15H19N5O2/c1-11(19-15(16)22)14(21)17-8-7-12-9-18-20(10-12)13-5-3-2-4-6-13/h2-6,9-11H,7-8H2,1H3,(H,17,21)(H3,16,19,22)/t11-/m1/s1. The van der Waals surface area contributed by atoms with Crippen molar-refractivity contribution in [3.05, 3.63) is 48.3 Å². The third-order valence-corrected chi connectivity index (χ3v) is 3.12. The quantitative estimate of drug-likeness (QED) is 0.727. The minimum atomic E-state index is -0.716. The van der Waals surface area contributed by atoms with Gasteiger partial charge in [0.1, 0.15) is 6.04 Å². The highest BCUT2D eigenvalue weighted by atomic mass is 16.2. The van der Waals surface area contributed by atoms with Gasteiger partial charge in [-0.05, 0) is 31.0 Å². The fraction of sp³-hybridized carbons (Fsp3) is 0.267. The van der Waals surface area contributed by atoms with Gasteiger partial charge < -0.3 is 16.4 Å². The molecule has 0 radical (unpaired) electrons. The molecule has 2 aromatic rings. The molecular weight excluding hydrogens is 282 g/mol. The van der Waals surface area contributed by atoms with Crippen LogP contribution < -0.4 is 16.4 Å². The molecule has 116 valence electrons. The van der Waals surface area contributed by atoms with Crippen LogP contribution in [0.5, 0.6) is 0 Å². The number of hydrogen-bond donors (Lipinski definition) is 3. The lowest BCUT2D eigenvalue weighted by molar-refractivity contribution is -0.122. The number of nitrogens with one attached hydrogen (secondary N) is 2. The van der Waals surface area contributed by atoms with E-state index in [1.165, 1.54) is 0 Å². The first-order valence-electron chi connectivity index (χ1n) is 6.99. The smallest absolute Gasteiger partial charge is 0.312 e. The van der Waals surface area contributed by atoms with Gasteiger partial charge in [-0.3, -0.25) is 4.79 Å². The molecular formula is C15H19N5O2. The third-order valence-electron chi connectivity index (χ3n) is 3.12. The third kappa shape index (κ3) is 4.34. The lowest BCUT2D eigenvalue weighted by atomic mass is 10.2. The molecule has 0 aliphatic heterocycles. The van der Waals surface area contributed by atoms with Crippen LogP contribution >= 0.6 is 0 Å². The van der Waals surface area contributed by atoms with Crippen LogP contribution in [0, 0.1) is 0 Å². The predicted octanol–water partition coefficient (Wildman–Crippen LogP) is 0.588. The van der Waals surface area contributed by atoms with Gasteiger partial charge in [-0.25, -0.2) is 9.48 Å². The first-order chi connectivity index (χ1) is 10.6. The second-order valence-corrected chi connectivity index (χ2v) is 4.90. The number of carbonyl (C=O) groups excluding carboxylic acids is 2. The molecule has 7 heteroatoms. The van der Waals surface area contributed by atoms with Crippen LogP contribution in [0.25, 0.3) is 5.69 Å². The summed E-state index contributed by atoms with van der Waals surface area (Å²) in [5.74, 6) is -0.269. The van der Waals surface area contributed by atoms with Crippen molar-refractivity contribution in [3.63, 3.8) is 0 Å². The highest BCUT2D eigenvalue weighted by Gasteiger charge is 2.13. The Morgan fingerprint density at radius 2 is 2.05 bits per heavy atom. The maximum atomic E-state index is 11.7. The molecule has 22 heavy (non-hydrogen) atoms. The largest absolute Gasteiger partial charge is 0.354 e. The van der Waals surface area contributed by atoms with Crippen molar-refractivity contribution in [2.45, 2.75) is 19.4 Å². The van der Waals surface area contributed by atoms with Crippen molar-refractivity contribution < 1.29 is 9.59 Å². The fourth-order valence-electron chi connectivity index (χ4n) is 1.97. The van der Waals surface area contributed by atoms with Crippen molar-refractivity contribution in [3.8, 4) is 5.69 Å². The number of hydrogen-bond acceptors (Lipinski definition) is 3. The number of nitrogens with zero attached hydrogens (tertiary/aromatic N) is 2. The second-order valence-electron chi connectivity index (χ2n) is 4.90. The minimum Gasteiger partial charge on any atom is -0.354 e. The molecule has 0 aliphatic rings. The Balaban J connectivity index is 1.82. The number of nitrogens with two attached hydrogens (primary N) is 1. The Kier molecular flexibility index (Phi) is 5.13. The van der Waals surface area contributed by atoms with Gasteiger partial charge >= 0.3 is 6.03 Å². The minimum absolute atomic E-state index is 0.269. The number of rotatable bonds is 6. The summed E-state index contributed by atoms with van der Waals surface area (Å²) in [5.41, 5.74) is 6.96. The van der Waals surface area contributed by atoms with Crippen LogP contribution in [0.3, 0.4) is 0 Å². The molecule has 0 spiro atoms. The first-order valence-corrected chi connectivity index (χ1v) is 6.99. The van der Waals surface area contributed by atoms with Gasteiger partial charge in [0, 0.05) is 12.7 Å². The molecule has 0 unspecified atom stereocenters. The van der Waals surface area contributed by atoms with Crippen LogP contribution in [-0.4, -0.2) is 34.3 Å². The maximum Gasteiger partial charge on any atom is 0.312 e. The second kappa shape index (κ2) is 7.26. The molecule has 1 aromatic carbocycles. The average Bonchev–Trinajstić information content (AvgIpc) is 2.96. The molecule has 1 heterocycles. The first kappa shape index (κ1) is 15.6. The van der Waals surface area contributed by atoms with Crippen molar-refractivity contribution >= 4 is 11.9 Å². The van der Waals surface area contributed by atoms with Crippen molar-refractivity contribution in [2.75, 3.05) is 6.54 Å². The zero-order valence-corrected chi connectivity index (χ0v) is 12.3. The Hall–Kier alpha value is -2.83. The predicted molar refractivity (Wildman–Crippen MR) is 82.5 cm³/mol. The number of benzene rings is 1. The number of carbonyl (C=O) groups is 2. The summed E-state index contributed by atoms with van der Waals surface area (Å²) in [6.45, 7) is 2.04. The van der Waals surface area contributed by atoms with Crippen LogP contribution in [0.2, 0.25) is 0 Å². The SMILES string of the molecule is C[C@@H](NC(N)=O)C(=O)NCCc1cnn(-c2ccccc2)c1. The molecule has 2 rings (SSSR count). The van der Waals surface area contributed by atoms with Gasteiger partial charge in [0.25, 0.3) is 0 Å². The molecule has 0 saturated heterocycles. The van der Waals surface area contributed by atoms with Crippen LogP contribution in [0.15, 0.2) is 42.7 Å². The van der Waals surface area contributed by atoms with Gasteiger partial charge in [0.2, 0.25) is 5.91 Å². The zero-order valence-electron chi connectivity index (χ0n) is 12.3. The maximum absolute atomic E-state index is 11.7. The molecule has 1 aromatic heterocycles. The summed E-state index contributed by atoms with van der Waals surface area (Å²) < 4.78 is 1.79. The molecule has 3 amide bonds. The Bertz CT molecular complexity index is 638. The Labute approximate surface area is 128 Å². The normalized spacial score (nSPS) is 11.7. The summed E-state index contributed by atoms with van der Waals surface area (Å²) in [6, 6.07) is 8.42. The molecule has 0 bridgehead atoms. The van der Waals surface area contributed by atoms with Crippen LogP contribution in [-0.2, 0) is 11.2 Å². The summed E-state index contributed by atoms with van der Waals surface area (Å²) in [7, 11) is 0. The topological polar surface area (TPSA) is 102 Å². The van der Waals surface area contributed by atoms with E-state index in [0.29, 0.717) is 13.0 Å². The highest BCUT2D eigenvalue weighted by Crippen LogP contribution is 2.07. The van der Waals surface area contributed by atoms with Crippen LogP contribution in [0.1, 0.15) is 12.5 Å². The van der Waals surface area contributed by atoms with E-state index in [9.17, 15) is 9.59 Å². The van der Waals surface area contributed by atoms with E-state index in [1.54, 1.807) is 17.8 Å². The number of amides is 3. The van der Waals surface area contributed by atoms with Crippen molar-refractivity contribution in [1.82, 2.24) is 20.4 Å². The molecule has 0 aliphatic carbocycles. The summed E-state index contributed by atoms with van der Waals surface area (Å²) in [5, 5.41) is 9.36. The fourth-order valence-corrected chi connectivity index (χ4v) is 1.97. The van der Waals surface area contributed by atoms with E-state index in [0.717, 1.165) is 11.3 Å². The van der Waals surface area contributed by atoms with E-state index in [2.05, 4.69) is 15.7 Å².